The first-order chi connectivity index (χ1) is 11.2. The van der Waals surface area contributed by atoms with Crippen LogP contribution in [0.1, 0.15) is 16.7 Å². The molecule has 120 valence electrons. The Labute approximate surface area is 135 Å². The largest absolute Gasteiger partial charge is 0.489 e. The van der Waals surface area contributed by atoms with Crippen LogP contribution in [0.25, 0.3) is 0 Å². The van der Waals surface area contributed by atoms with Crippen LogP contribution in [0.3, 0.4) is 0 Å². The molecule has 0 saturated carbocycles. The number of hydrogen-bond donors (Lipinski definition) is 1. The van der Waals surface area contributed by atoms with E-state index in [9.17, 15) is 4.79 Å². The molecule has 2 aromatic carbocycles. The second kappa shape index (κ2) is 7.98. The highest BCUT2D eigenvalue weighted by Crippen LogP contribution is 2.17. The molecule has 2 aromatic rings. The van der Waals surface area contributed by atoms with Gasteiger partial charge >= 0.3 is 0 Å². The number of aryl methyl sites for hydroxylation is 1. The van der Waals surface area contributed by atoms with Crippen LogP contribution in [0.4, 0.5) is 0 Å². The van der Waals surface area contributed by atoms with E-state index in [2.05, 4.69) is 10.5 Å². The molecule has 5 heteroatoms. The number of amides is 1. The zero-order chi connectivity index (χ0) is 16.7. The molecular formula is C18H20N2O3. The SMILES string of the molecule is CNC(=O)C(=NOC)c1ccccc1COc1ccc(C)cc1. The average molecular weight is 312 g/mol. The predicted octanol–water partition coefficient (Wildman–Crippen LogP) is 2.67. The van der Waals surface area contributed by atoms with E-state index < -0.39 is 0 Å². The normalized spacial score (nSPS) is 11.0. The molecule has 23 heavy (non-hydrogen) atoms. The lowest BCUT2D eigenvalue weighted by molar-refractivity contribution is -0.114. The molecule has 0 aliphatic carbocycles. The first-order valence-electron chi connectivity index (χ1n) is 7.26. The summed E-state index contributed by atoms with van der Waals surface area (Å²) in [6.45, 7) is 2.36. The summed E-state index contributed by atoms with van der Waals surface area (Å²) in [5, 5.41) is 6.41. The smallest absolute Gasteiger partial charge is 0.273 e. The lowest BCUT2D eigenvalue weighted by Crippen LogP contribution is -2.29. The maximum absolute atomic E-state index is 12.0. The number of likely N-dealkylation sites (N-methyl/N-ethyl adjacent to an activating group) is 1. The Kier molecular flexibility index (Phi) is 5.74. The van der Waals surface area contributed by atoms with E-state index in [4.69, 9.17) is 9.57 Å². The van der Waals surface area contributed by atoms with Crippen molar-refractivity contribution >= 4 is 11.6 Å². The third kappa shape index (κ3) is 4.32. The van der Waals surface area contributed by atoms with Gasteiger partial charge in [-0.2, -0.15) is 0 Å². The van der Waals surface area contributed by atoms with Crippen molar-refractivity contribution in [2.24, 2.45) is 5.16 Å². The number of nitrogens with zero attached hydrogens (tertiary/aromatic N) is 1. The standard InChI is InChI=1S/C18H20N2O3/c1-13-8-10-15(11-9-13)23-12-14-6-4-5-7-16(14)17(20-22-3)18(21)19-2/h4-11H,12H2,1-3H3,(H,19,21). The second-order valence-corrected chi connectivity index (χ2v) is 4.96. The minimum Gasteiger partial charge on any atom is -0.489 e. The summed E-state index contributed by atoms with van der Waals surface area (Å²) in [4.78, 5) is 16.8. The van der Waals surface area contributed by atoms with Gasteiger partial charge in [0.25, 0.3) is 5.91 Å². The monoisotopic (exact) mass is 312 g/mol. The predicted molar refractivity (Wildman–Crippen MR) is 89.6 cm³/mol. The van der Waals surface area contributed by atoms with Crippen molar-refractivity contribution in [2.75, 3.05) is 14.2 Å². The van der Waals surface area contributed by atoms with Gasteiger partial charge in [-0.1, -0.05) is 47.1 Å². The van der Waals surface area contributed by atoms with E-state index in [1.165, 1.54) is 12.7 Å². The number of ether oxygens (including phenoxy) is 1. The third-order valence-corrected chi connectivity index (χ3v) is 3.31. The van der Waals surface area contributed by atoms with Crippen LogP contribution in [-0.4, -0.2) is 25.8 Å². The fourth-order valence-corrected chi connectivity index (χ4v) is 2.10. The van der Waals surface area contributed by atoms with Crippen molar-refractivity contribution in [3.05, 3.63) is 65.2 Å². The van der Waals surface area contributed by atoms with E-state index in [0.29, 0.717) is 12.2 Å². The first-order valence-corrected chi connectivity index (χ1v) is 7.26. The lowest BCUT2D eigenvalue weighted by Gasteiger charge is -2.12. The average Bonchev–Trinajstić information content (AvgIpc) is 2.59. The summed E-state index contributed by atoms with van der Waals surface area (Å²) in [5.74, 6) is 0.463. The summed E-state index contributed by atoms with van der Waals surface area (Å²) < 4.78 is 5.80. The number of rotatable bonds is 6. The van der Waals surface area contributed by atoms with Crippen LogP contribution in [-0.2, 0) is 16.2 Å². The number of benzene rings is 2. The van der Waals surface area contributed by atoms with E-state index in [0.717, 1.165) is 11.3 Å². The van der Waals surface area contributed by atoms with Crippen molar-refractivity contribution in [3.63, 3.8) is 0 Å². The molecule has 0 aliphatic rings. The van der Waals surface area contributed by atoms with Crippen molar-refractivity contribution in [2.45, 2.75) is 13.5 Å². The molecule has 0 aromatic heterocycles. The fourth-order valence-electron chi connectivity index (χ4n) is 2.10. The van der Waals surface area contributed by atoms with E-state index >= 15 is 0 Å². The van der Waals surface area contributed by atoms with Crippen LogP contribution in [0, 0.1) is 6.92 Å². The lowest BCUT2D eigenvalue weighted by atomic mass is 10.0. The molecule has 0 saturated heterocycles. The van der Waals surface area contributed by atoms with Crippen molar-refractivity contribution in [1.29, 1.82) is 0 Å². The van der Waals surface area contributed by atoms with E-state index in [-0.39, 0.29) is 11.6 Å². The molecule has 2 rings (SSSR count). The van der Waals surface area contributed by atoms with Gasteiger partial charge in [0.1, 0.15) is 19.5 Å². The van der Waals surface area contributed by atoms with Gasteiger partial charge in [-0.3, -0.25) is 4.79 Å². The molecule has 5 nitrogen and oxygen atoms in total. The molecule has 0 radical (unpaired) electrons. The van der Waals surface area contributed by atoms with Crippen molar-refractivity contribution in [1.82, 2.24) is 5.32 Å². The maximum Gasteiger partial charge on any atom is 0.273 e. The first kappa shape index (κ1) is 16.5. The van der Waals surface area contributed by atoms with Crippen LogP contribution in [0.5, 0.6) is 5.75 Å². The zero-order valence-electron chi connectivity index (χ0n) is 13.5. The molecule has 0 atom stereocenters. The molecule has 0 heterocycles. The molecule has 0 aliphatic heterocycles. The van der Waals surface area contributed by atoms with Crippen molar-refractivity contribution < 1.29 is 14.4 Å². The zero-order valence-corrected chi connectivity index (χ0v) is 13.5. The number of hydrogen-bond acceptors (Lipinski definition) is 4. The highest BCUT2D eigenvalue weighted by atomic mass is 16.6. The van der Waals surface area contributed by atoms with E-state index in [1.54, 1.807) is 7.05 Å². The van der Waals surface area contributed by atoms with E-state index in [1.807, 2.05) is 55.5 Å². The maximum atomic E-state index is 12.0. The summed E-state index contributed by atoms with van der Waals surface area (Å²) in [6.07, 6.45) is 0. The number of nitrogens with one attached hydrogen (secondary N) is 1. The molecule has 1 amide bonds. The topological polar surface area (TPSA) is 59.9 Å². The van der Waals surface area contributed by atoms with Crippen molar-refractivity contribution in [3.8, 4) is 5.75 Å². The van der Waals surface area contributed by atoms with Gasteiger partial charge in [0.15, 0.2) is 5.71 Å². The van der Waals surface area contributed by atoms with Gasteiger partial charge in [-0.25, -0.2) is 0 Å². The quantitative estimate of drug-likeness (QED) is 0.659. The minimum absolute atomic E-state index is 0.220. The molecule has 0 spiro atoms. The fraction of sp³-hybridized carbons (Fsp3) is 0.222. The summed E-state index contributed by atoms with van der Waals surface area (Å²) in [6, 6.07) is 15.3. The Bertz CT molecular complexity index is 694. The summed E-state index contributed by atoms with van der Waals surface area (Å²) in [7, 11) is 2.97. The Hall–Kier alpha value is -2.82. The number of carbonyl (C=O) groups is 1. The summed E-state index contributed by atoms with van der Waals surface area (Å²) >= 11 is 0. The minimum atomic E-state index is -0.311. The van der Waals surface area contributed by atoms with Crippen LogP contribution >= 0.6 is 0 Å². The van der Waals surface area contributed by atoms with Crippen LogP contribution < -0.4 is 10.1 Å². The van der Waals surface area contributed by atoms with Gasteiger partial charge in [0.2, 0.25) is 0 Å². The summed E-state index contributed by atoms with van der Waals surface area (Å²) in [5.41, 5.74) is 2.93. The van der Waals surface area contributed by atoms with Gasteiger partial charge in [-0.05, 0) is 24.6 Å². The highest BCUT2D eigenvalue weighted by molar-refractivity contribution is 6.45. The second-order valence-electron chi connectivity index (χ2n) is 4.96. The van der Waals surface area contributed by atoms with Gasteiger partial charge in [0.05, 0.1) is 0 Å². The molecule has 1 N–H and O–H groups in total. The Morgan fingerprint density at radius 2 is 1.83 bits per heavy atom. The molecule has 0 bridgehead atoms. The number of carbonyl (C=O) groups excluding carboxylic acids is 1. The van der Waals surface area contributed by atoms with Gasteiger partial charge < -0.3 is 14.9 Å². The van der Waals surface area contributed by atoms with Crippen LogP contribution in [0.2, 0.25) is 0 Å². The van der Waals surface area contributed by atoms with Crippen LogP contribution in [0.15, 0.2) is 53.7 Å². The highest BCUT2D eigenvalue weighted by Gasteiger charge is 2.17. The van der Waals surface area contributed by atoms with Gasteiger partial charge in [-0.15, -0.1) is 0 Å². The molecule has 0 fully saturated rings. The number of oxime groups is 1. The van der Waals surface area contributed by atoms with Gasteiger partial charge in [0, 0.05) is 12.6 Å². The Morgan fingerprint density at radius 3 is 2.48 bits per heavy atom. The Morgan fingerprint density at radius 1 is 1.13 bits per heavy atom. The molecule has 0 unspecified atom stereocenters. The Balaban J connectivity index is 2.24. The third-order valence-electron chi connectivity index (χ3n) is 3.31. The molecular weight excluding hydrogens is 292 g/mol.